The van der Waals surface area contributed by atoms with Gasteiger partial charge < -0.3 is 5.32 Å². The van der Waals surface area contributed by atoms with Gasteiger partial charge in [0.25, 0.3) is 0 Å². The molecule has 0 heterocycles. The Kier molecular flexibility index (Phi) is 5.69. The molecule has 74 valence electrons. The Morgan fingerprint density at radius 2 is 1.69 bits per heavy atom. The Hall–Kier alpha value is -0.480. The molecule has 0 spiro atoms. The van der Waals surface area contributed by atoms with Crippen LogP contribution < -0.4 is 5.32 Å². The van der Waals surface area contributed by atoms with Crippen molar-refractivity contribution in [3.8, 4) is 12.3 Å². The van der Waals surface area contributed by atoms with Crippen LogP contribution >= 0.6 is 0 Å². The smallest absolute Gasteiger partial charge is 0.0211 e. The molecular formula is C12H21N. The predicted molar refractivity (Wildman–Crippen MR) is 57.6 cm³/mol. The second-order valence-electron chi connectivity index (χ2n) is 3.95. The fraction of sp³-hybridized carbons (Fsp3) is 0.833. The molecule has 1 N–H and O–H groups in total. The monoisotopic (exact) mass is 179 g/mol. The summed E-state index contributed by atoms with van der Waals surface area (Å²) >= 11 is 0. The molecule has 0 atom stereocenters. The molecule has 1 aliphatic rings. The standard InChI is InChI=1S/C12H21N/c1-2-3-11-13-12-9-7-5-4-6-8-10-12/h1,12-13H,3-11H2. The van der Waals surface area contributed by atoms with Crippen molar-refractivity contribution in [3.05, 3.63) is 0 Å². The lowest BCUT2D eigenvalue weighted by molar-refractivity contribution is 0.393. The first-order valence-electron chi connectivity index (χ1n) is 5.60. The Labute approximate surface area is 82.3 Å². The van der Waals surface area contributed by atoms with Crippen LogP contribution in [0, 0.1) is 12.3 Å². The lowest BCUT2D eigenvalue weighted by Crippen LogP contribution is -2.30. The van der Waals surface area contributed by atoms with Crippen LogP contribution in [0.25, 0.3) is 0 Å². The molecule has 0 aromatic heterocycles. The second kappa shape index (κ2) is 6.97. The summed E-state index contributed by atoms with van der Waals surface area (Å²) in [7, 11) is 0. The highest BCUT2D eigenvalue weighted by Gasteiger charge is 2.09. The molecule has 0 bridgehead atoms. The van der Waals surface area contributed by atoms with Crippen LogP contribution in [0.1, 0.15) is 51.4 Å². The number of hydrogen-bond donors (Lipinski definition) is 1. The molecule has 1 nitrogen and oxygen atoms in total. The summed E-state index contributed by atoms with van der Waals surface area (Å²) in [5.74, 6) is 2.67. The Morgan fingerprint density at radius 1 is 1.08 bits per heavy atom. The maximum Gasteiger partial charge on any atom is 0.0211 e. The highest BCUT2D eigenvalue weighted by molar-refractivity contribution is 4.85. The largest absolute Gasteiger partial charge is 0.313 e. The van der Waals surface area contributed by atoms with E-state index in [9.17, 15) is 0 Å². The summed E-state index contributed by atoms with van der Waals surface area (Å²) in [6.45, 7) is 1.00. The van der Waals surface area contributed by atoms with Crippen LogP contribution in [-0.4, -0.2) is 12.6 Å². The zero-order chi connectivity index (χ0) is 9.36. The third kappa shape index (κ3) is 4.95. The third-order valence-corrected chi connectivity index (χ3v) is 2.81. The van der Waals surface area contributed by atoms with Gasteiger partial charge in [0.2, 0.25) is 0 Å². The van der Waals surface area contributed by atoms with Crippen LogP contribution in [-0.2, 0) is 0 Å². The molecule has 0 aromatic carbocycles. The lowest BCUT2D eigenvalue weighted by Gasteiger charge is -2.20. The zero-order valence-electron chi connectivity index (χ0n) is 8.52. The van der Waals surface area contributed by atoms with E-state index in [2.05, 4.69) is 11.2 Å². The topological polar surface area (TPSA) is 12.0 Å². The summed E-state index contributed by atoms with van der Waals surface area (Å²) in [5.41, 5.74) is 0. The summed E-state index contributed by atoms with van der Waals surface area (Å²) in [4.78, 5) is 0. The van der Waals surface area contributed by atoms with E-state index in [0.29, 0.717) is 0 Å². The van der Waals surface area contributed by atoms with Gasteiger partial charge in [0.1, 0.15) is 0 Å². The minimum Gasteiger partial charge on any atom is -0.313 e. The highest BCUT2D eigenvalue weighted by atomic mass is 14.9. The number of rotatable bonds is 3. The van der Waals surface area contributed by atoms with Crippen molar-refractivity contribution in [2.45, 2.75) is 57.4 Å². The van der Waals surface area contributed by atoms with E-state index in [0.717, 1.165) is 19.0 Å². The molecule has 0 unspecified atom stereocenters. The van der Waals surface area contributed by atoms with Gasteiger partial charge in [0.15, 0.2) is 0 Å². The molecule has 1 aliphatic carbocycles. The molecule has 0 saturated heterocycles. The maximum atomic E-state index is 5.21. The maximum absolute atomic E-state index is 5.21. The first kappa shape index (κ1) is 10.6. The van der Waals surface area contributed by atoms with Crippen LogP contribution in [0.5, 0.6) is 0 Å². The van der Waals surface area contributed by atoms with E-state index >= 15 is 0 Å². The van der Waals surface area contributed by atoms with Crippen molar-refractivity contribution in [1.29, 1.82) is 0 Å². The van der Waals surface area contributed by atoms with Crippen LogP contribution in [0.4, 0.5) is 0 Å². The average Bonchev–Trinajstić information content (AvgIpc) is 2.08. The number of hydrogen-bond acceptors (Lipinski definition) is 1. The zero-order valence-corrected chi connectivity index (χ0v) is 8.52. The van der Waals surface area contributed by atoms with Crippen LogP contribution in [0.3, 0.4) is 0 Å². The molecule has 0 radical (unpaired) electrons. The van der Waals surface area contributed by atoms with Crippen LogP contribution in [0.2, 0.25) is 0 Å². The summed E-state index contributed by atoms with van der Waals surface area (Å²) in [6.07, 6.45) is 15.9. The molecule has 1 fully saturated rings. The fourth-order valence-corrected chi connectivity index (χ4v) is 2.01. The molecule has 0 aromatic rings. The minimum absolute atomic E-state index is 0.744. The molecular weight excluding hydrogens is 158 g/mol. The van der Waals surface area contributed by atoms with Crippen molar-refractivity contribution in [3.63, 3.8) is 0 Å². The Bertz CT molecular complexity index is 149. The van der Waals surface area contributed by atoms with E-state index in [-0.39, 0.29) is 0 Å². The van der Waals surface area contributed by atoms with Gasteiger partial charge in [0.05, 0.1) is 0 Å². The Balaban J connectivity index is 2.11. The quantitative estimate of drug-likeness (QED) is 0.519. The summed E-state index contributed by atoms with van der Waals surface area (Å²) in [6, 6.07) is 0.744. The first-order chi connectivity index (χ1) is 6.43. The third-order valence-electron chi connectivity index (χ3n) is 2.81. The van der Waals surface area contributed by atoms with Gasteiger partial charge in [0, 0.05) is 19.0 Å². The number of nitrogens with one attached hydrogen (secondary N) is 1. The van der Waals surface area contributed by atoms with Crippen molar-refractivity contribution in [2.75, 3.05) is 6.54 Å². The number of terminal acetylenes is 1. The SMILES string of the molecule is C#CCCNC1CCCCCCC1. The summed E-state index contributed by atoms with van der Waals surface area (Å²) < 4.78 is 0. The Morgan fingerprint density at radius 3 is 2.31 bits per heavy atom. The van der Waals surface area contributed by atoms with E-state index in [1.54, 1.807) is 0 Å². The van der Waals surface area contributed by atoms with Gasteiger partial charge in [-0.25, -0.2) is 0 Å². The lowest BCUT2D eigenvalue weighted by atomic mass is 9.97. The molecule has 0 aliphatic heterocycles. The van der Waals surface area contributed by atoms with Crippen molar-refractivity contribution < 1.29 is 0 Å². The van der Waals surface area contributed by atoms with Crippen LogP contribution in [0.15, 0.2) is 0 Å². The second-order valence-corrected chi connectivity index (χ2v) is 3.95. The molecule has 0 amide bonds. The van der Waals surface area contributed by atoms with Crippen molar-refractivity contribution >= 4 is 0 Å². The van der Waals surface area contributed by atoms with Gasteiger partial charge in [-0.15, -0.1) is 12.3 Å². The normalized spacial score (nSPS) is 20.2. The first-order valence-corrected chi connectivity index (χ1v) is 5.60. The summed E-state index contributed by atoms with van der Waals surface area (Å²) in [5, 5.41) is 3.55. The van der Waals surface area contributed by atoms with Gasteiger partial charge in [-0.3, -0.25) is 0 Å². The molecule has 1 rings (SSSR count). The van der Waals surface area contributed by atoms with Crippen molar-refractivity contribution in [1.82, 2.24) is 5.32 Å². The van der Waals surface area contributed by atoms with Crippen molar-refractivity contribution in [2.24, 2.45) is 0 Å². The predicted octanol–water partition coefficient (Wildman–Crippen LogP) is 2.71. The van der Waals surface area contributed by atoms with Gasteiger partial charge in [-0.2, -0.15) is 0 Å². The van der Waals surface area contributed by atoms with E-state index < -0.39 is 0 Å². The highest BCUT2D eigenvalue weighted by Crippen LogP contribution is 2.16. The van der Waals surface area contributed by atoms with E-state index in [1.807, 2.05) is 0 Å². The fourth-order valence-electron chi connectivity index (χ4n) is 2.01. The molecule has 13 heavy (non-hydrogen) atoms. The van der Waals surface area contributed by atoms with Gasteiger partial charge in [-0.1, -0.05) is 32.1 Å². The van der Waals surface area contributed by atoms with Gasteiger partial charge >= 0.3 is 0 Å². The van der Waals surface area contributed by atoms with E-state index in [1.165, 1.54) is 44.9 Å². The van der Waals surface area contributed by atoms with E-state index in [4.69, 9.17) is 6.42 Å². The van der Waals surface area contributed by atoms with Gasteiger partial charge in [-0.05, 0) is 12.8 Å². The average molecular weight is 179 g/mol. The molecule has 1 saturated carbocycles. The molecule has 1 heteroatoms. The minimum atomic E-state index is 0.744.